The van der Waals surface area contributed by atoms with Gasteiger partial charge in [0.05, 0.1) is 0 Å². The van der Waals surface area contributed by atoms with Crippen LogP contribution in [0.15, 0.2) is 0 Å². The Labute approximate surface area is 60.9 Å². The molecule has 0 atom stereocenters. The maximum Gasteiger partial charge on any atom is 0.435 e. The van der Waals surface area contributed by atoms with Crippen LogP contribution in [-0.4, -0.2) is 11.2 Å². The quantitative estimate of drug-likeness (QED) is 0.292. The number of carbonyl (C=O) groups excluding carboxylic acids is 1. The predicted octanol–water partition coefficient (Wildman–Crippen LogP) is -0.296. The number of urea groups is 1. The van der Waals surface area contributed by atoms with E-state index in [1.165, 1.54) is 5.48 Å². The number of halogens is 2. The van der Waals surface area contributed by atoms with Crippen molar-refractivity contribution in [3.05, 3.63) is 0 Å². The molecule has 5 N–H and O–H groups in total. The van der Waals surface area contributed by atoms with Gasteiger partial charge >= 0.3 is 39.4 Å². The molecule has 0 heterocycles. The minimum Gasteiger partial charge on any atom is -0.284 e. The van der Waals surface area contributed by atoms with E-state index in [0.29, 0.717) is 0 Å². The summed E-state index contributed by atoms with van der Waals surface area (Å²) < 4.78 is 0. The minimum absolute atomic E-state index is 0.690. The molecule has 0 spiro atoms. The summed E-state index contributed by atoms with van der Waals surface area (Å²) in [6.07, 6.45) is 0. The molecule has 0 aliphatic rings. The zero-order valence-electron chi connectivity index (χ0n) is 3.62. The van der Waals surface area contributed by atoms with Crippen molar-refractivity contribution in [1.82, 2.24) is 5.48 Å². The average Bonchev–Trinajstić information content (AvgIpc) is 1.69. The summed E-state index contributed by atoms with van der Waals surface area (Å²) >= 11 is 0.757. The third-order valence-electron chi connectivity index (χ3n) is 0.125. The average molecular weight is 212 g/mol. The van der Waals surface area contributed by atoms with E-state index in [-0.39, 0.29) is 0 Å². The molecule has 4 nitrogen and oxygen atoms in total. The number of rotatable bonds is 0. The second-order valence-corrected chi connectivity index (χ2v) is 2.13. The van der Waals surface area contributed by atoms with Crippen molar-refractivity contribution in [3.8, 4) is 0 Å². The van der Waals surface area contributed by atoms with Crippen LogP contribution in [0.3, 0.4) is 0 Å². The third-order valence-corrected chi connectivity index (χ3v) is 0.125. The fourth-order valence-electron chi connectivity index (χ4n) is 0. The van der Waals surface area contributed by atoms with Crippen molar-refractivity contribution in [1.29, 1.82) is 0 Å². The Bertz CT molecular complexity index is 62.0. The van der Waals surface area contributed by atoms with Crippen molar-refractivity contribution < 1.29 is 28.9 Å². The molecule has 0 aliphatic carbocycles. The first-order chi connectivity index (χ1) is 3.68. The molecule has 7 heteroatoms. The van der Waals surface area contributed by atoms with Gasteiger partial charge in [-0.3, -0.25) is 10.9 Å². The van der Waals surface area contributed by atoms with Crippen LogP contribution < -0.4 is 11.2 Å². The van der Waals surface area contributed by atoms with Gasteiger partial charge in [0.2, 0.25) is 0 Å². The first kappa shape index (κ1) is 11.3. The number of nitrogens with one attached hydrogen (secondary N) is 1. The molecule has 0 aromatic heterocycles. The normalized spacial score (nSPS) is 7.00. The van der Waals surface area contributed by atoms with Crippen LogP contribution in [0.2, 0.25) is 0 Å². The Kier molecular flexibility index (Phi) is 14.8. The van der Waals surface area contributed by atoms with Gasteiger partial charge in [-0.2, -0.15) is 5.48 Å². The zero-order chi connectivity index (χ0) is 6.99. The third kappa shape index (κ3) is 31.6. The van der Waals surface area contributed by atoms with Crippen molar-refractivity contribution in [2.75, 3.05) is 0 Å². The molecule has 0 saturated heterocycles. The Balaban J connectivity index is 0. The van der Waals surface area contributed by atoms with Gasteiger partial charge in [-0.1, -0.05) is 0 Å². The SMILES string of the molecule is [Cl][Cu][Cl].[NH3+]C(=O)NO. The molecular formula is CH5Cl2CuN2O2+. The summed E-state index contributed by atoms with van der Waals surface area (Å²) in [5.41, 5.74) is 4.03. The van der Waals surface area contributed by atoms with E-state index in [1.807, 2.05) is 0 Å². The Morgan fingerprint density at radius 1 is 1.75 bits per heavy atom. The van der Waals surface area contributed by atoms with Gasteiger partial charge in [0.25, 0.3) is 0 Å². The monoisotopic (exact) mass is 210 g/mol. The van der Waals surface area contributed by atoms with E-state index < -0.39 is 6.03 Å². The summed E-state index contributed by atoms with van der Waals surface area (Å²) in [7, 11) is 9.34. The molecule has 0 bridgehead atoms. The van der Waals surface area contributed by atoms with E-state index in [0.717, 1.165) is 13.1 Å². The van der Waals surface area contributed by atoms with Crippen LogP contribution >= 0.6 is 20.2 Å². The molecule has 0 fully saturated rings. The molecule has 55 valence electrons. The van der Waals surface area contributed by atoms with Gasteiger partial charge in [0, 0.05) is 0 Å². The molecule has 0 aliphatic heterocycles. The second-order valence-electron chi connectivity index (χ2n) is 0.578. The number of amides is 2. The van der Waals surface area contributed by atoms with Crippen LogP contribution in [0.4, 0.5) is 4.79 Å². The molecular weight excluding hydrogens is 206 g/mol. The smallest absolute Gasteiger partial charge is 0.284 e. The van der Waals surface area contributed by atoms with Gasteiger partial charge in [-0.25, -0.2) is 4.79 Å². The first-order valence-corrected chi connectivity index (χ1v) is 3.85. The number of quaternary nitrogens is 1. The van der Waals surface area contributed by atoms with Gasteiger partial charge in [-0.15, -0.1) is 0 Å². The molecule has 0 radical (unpaired) electrons. The zero-order valence-corrected chi connectivity index (χ0v) is 6.07. The van der Waals surface area contributed by atoms with E-state index >= 15 is 0 Å². The van der Waals surface area contributed by atoms with Crippen molar-refractivity contribution in [2.45, 2.75) is 0 Å². The fourth-order valence-corrected chi connectivity index (χ4v) is 0. The van der Waals surface area contributed by atoms with Gasteiger partial charge < -0.3 is 0 Å². The summed E-state index contributed by atoms with van der Waals surface area (Å²) in [4.78, 5) is 9.34. The van der Waals surface area contributed by atoms with Crippen LogP contribution in [0.1, 0.15) is 0 Å². The van der Waals surface area contributed by atoms with Crippen LogP contribution in [0.5, 0.6) is 0 Å². The first-order valence-electron chi connectivity index (χ1n) is 1.26. The number of hydrogen-bond donors (Lipinski definition) is 3. The van der Waals surface area contributed by atoms with Crippen molar-refractivity contribution in [2.24, 2.45) is 0 Å². The van der Waals surface area contributed by atoms with Crippen LogP contribution in [0.25, 0.3) is 0 Å². The topological polar surface area (TPSA) is 77.0 Å². The number of carbonyl (C=O) groups is 1. The summed E-state index contributed by atoms with van der Waals surface area (Å²) in [6.45, 7) is 0. The summed E-state index contributed by atoms with van der Waals surface area (Å²) in [5, 5.41) is 7.48. The number of hydroxylamine groups is 1. The van der Waals surface area contributed by atoms with Crippen molar-refractivity contribution in [3.63, 3.8) is 0 Å². The maximum absolute atomic E-state index is 9.34. The Hall–Kier alpha value is 0.489. The molecule has 0 saturated carbocycles. The van der Waals surface area contributed by atoms with E-state index in [9.17, 15) is 4.79 Å². The molecule has 0 rings (SSSR count). The molecule has 2 amide bonds. The fraction of sp³-hybridized carbons (Fsp3) is 0. The summed E-state index contributed by atoms with van der Waals surface area (Å²) in [5.74, 6) is 0. The van der Waals surface area contributed by atoms with Gasteiger partial charge in [0.15, 0.2) is 0 Å². The Morgan fingerprint density at radius 2 is 1.88 bits per heavy atom. The molecule has 0 aromatic carbocycles. The van der Waals surface area contributed by atoms with Crippen LogP contribution in [-0.2, 0) is 13.1 Å². The maximum atomic E-state index is 9.34. The predicted molar refractivity (Wildman–Crippen MR) is 24.9 cm³/mol. The van der Waals surface area contributed by atoms with Crippen molar-refractivity contribution >= 4 is 26.2 Å². The Morgan fingerprint density at radius 3 is 1.88 bits per heavy atom. The van der Waals surface area contributed by atoms with E-state index in [1.54, 1.807) is 0 Å². The largest absolute Gasteiger partial charge is 0.435 e. The summed E-state index contributed by atoms with van der Waals surface area (Å²) in [6, 6.07) is -0.690. The van der Waals surface area contributed by atoms with Gasteiger partial charge in [-0.05, 0) is 0 Å². The number of hydrogen-bond acceptors (Lipinski definition) is 2. The minimum atomic E-state index is -0.690. The van der Waals surface area contributed by atoms with Gasteiger partial charge in [0.1, 0.15) is 0 Å². The second kappa shape index (κ2) is 10.5. The molecule has 0 aromatic rings. The van der Waals surface area contributed by atoms with Crippen LogP contribution in [0, 0.1) is 0 Å². The van der Waals surface area contributed by atoms with E-state index in [4.69, 9.17) is 5.21 Å². The van der Waals surface area contributed by atoms with E-state index in [2.05, 4.69) is 25.9 Å². The standard InChI is InChI=1S/CH4N2O2.2ClH.Cu/c2-1(4)3-5;;;/h5H,(H3,2,3,4);2*1H;/q;;;+2/p-1. The molecule has 8 heavy (non-hydrogen) atoms. The molecule has 0 unspecified atom stereocenters.